The molecule has 0 radical (unpaired) electrons. The minimum Gasteiger partial charge on any atom is -0.463 e. The van der Waals surface area contributed by atoms with E-state index in [9.17, 15) is 9.59 Å². The average molecular weight is 468 g/mol. The second-order valence-corrected chi connectivity index (χ2v) is 7.84. The number of hydrogen-bond donors (Lipinski definition) is 0. The lowest BCUT2D eigenvalue weighted by Gasteiger charge is -2.26. The number of imidazole rings is 1. The summed E-state index contributed by atoms with van der Waals surface area (Å²) in [7, 11) is 0. The first kappa shape index (κ1) is 24.0. The van der Waals surface area contributed by atoms with Crippen molar-refractivity contribution in [2.24, 2.45) is 5.92 Å². The third-order valence-corrected chi connectivity index (χ3v) is 5.66. The lowest BCUT2D eigenvalue weighted by Crippen LogP contribution is -2.53. The fourth-order valence-electron chi connectivity index (χ4n) is 3.57. The number of hydrogen-bond acceptors (Lipinski definition) is 8. The summed E-state index contributed by atoms with van der Waals surface area (Å²) in [6, 6.07) is 0. The molecule has 0 aliphatic carbocycles. The van der Waals surface area contributed by atoms with Crippen LogP contribution in [0.4, 0.5) is 4.39 Å². The Hall–Kier alpha value is -2.68. The number of aromatic nitrogens is 4. The van der Waals surface area contributed by atoms with Crippen LogP contribution in [0.25, 0.3) is 16.0 Å². The Morgan fingerprint density at radius 3 is 2.78 bits per heavy atom. The van der Waals surface area contributed by atoms with E-state index in [1.807, 2.05) is 0 Å². The van der Waals surface area contributed by atoms with Crippen LogP contribution in [0.2, 0.25) is 5.28 Å². The molecule has 1 aliphatic heterocycles. The van der Waals surface area contributed by atoms with Crippen molar-refractivity contribution in [2.75, 3.05) is 19.8 Å². The van der Waals surface area contributed by atoms with E-state index < -0.39 is 48.3 Å². The Balaban J connectivity index is 1.84. The summed E-state index contributed by atoms with van der Waals surface area (Å²) >= 11 is 5.95. The minimum atomic E-state index is -2.09. The Morgan fingerprint density at radius 1 is 1.44 bits per heavy atom. The number of ketones is 1. The van der Waals surface area contributed by atoms with Crippen LogP contribution in [0.1, 0.15) is 32.7 Å². The molecule has 0 saturated carbocycles. The lowest BCUT2D eigenvalue weighted by molar-refractivity contribution is -0.179. The molecule has 0 aromatic carbocycles. The smallest absolute Gasteiger partial charge is 0.354 e. The number of esters is 1. The van der Waals surface area contributed by atoms with Crippen LogP contribution in [0.5, 0.6) is 0 Å². The van der Waals surface area contributed by atoms with Gasteiger partial charge in [0, 0.05) is 5.92 Å². The molecule has 0 bridgehead atoms. The summed E-state index contributed by atoms with van der Waals surface area (Å²) in [5.41, 5.74) is -0.765. The molecule has 2 aromatic rings. The zero-order chi connectivity index (χ0) is 23.6. The van der Waals surface area contributed by atoms with Gasteiger partial charge in [0.15, 0.2) is 23.8 Å². The van der Waals surface area contributed by atoms with Gasteiger partial charge in [-0.3, -0.25) is 9.36 Å². The van der Waals surface area contributed by atoms with E-state index in [0.717, 1.165) is 6.92 Å². The third-order valence-electron chi connectivity index (χ3n) is 5.49. The largest absolute Gasteiger partial charge is 0.463 e. The monoisotopic (exact) mass is 467 g/mol. The Kier molecular flexibility index (Phi) is 7.07. The molecule has 10 nitrogen and oxygen atoms in total. The molecule has 2 aromatic heterocycles. The van der Waals surface area contributed by atoms with Crippen molar-refractivity contribution in [1.82, 2.24) is 19.5 Å². The van der Waals surface area contributed by atoms with Gasteiger partial charge in [-0.25, -0.2) is 25.7 Å². The second-order valence-electron chi connectivity index (χ2n) is 7.50. The number of fused-ring (bicyclic) bond motifs is 1. The van der Waals surface area contributed by atoms with Gasteiger partial charge in [0.1, 0.15) is 5.52 Å². The van der Waals surface area contributed by atoms with Crippen LogP contribution in [0.3, 0.4) is 0 Å². The minimum absolute atomic E-state index is 0.00194. The summed E-state index contributed by atoms with van der Waals surface area (Å²) in [5.74, 6) is -2.28. The van der Waals surface area contributed by atoms with E-state index in [4.69, 9.17) is 32.4 Å². The SMILES string of the molecule is [C-]#[N+]CC(OC[C@H]1O[C@@H](n2cnc3c(C)nc(Cl)nc32)[C@@H](F)[C@@H]1C)(C(C)=O)C(=O)OCC. The molecule has 3 heterocycles. The number of rotatable bonds is 8. The van der Waals surface area contributed by atoms with E-state index in [1.165, 1.54) is 10.9 Å². The molecule has 32 heavy (non-hydrogen) atoms. The van der Waals surface area contributed by atoms with Crippen molar-refractivity contribution in [3.05, 3.63) is 28.7 Å². The normalized spacial score (nSPS) is 24.8. The van der Waals surface area contributed by atoms with Crippen LogP contribution in [-0.2, 0) is 23.8 Å². The Labute approximate surface area is 188 Å². The van der Waals surface area contributed by atoms with Gasteiger partial charge in [-0.1, -0.05) is 6.92 Å². The van der Waals surface area contributed by atoms with E-state index in [1.54, 1.807) is 20.8 Å². The number of carbonyl (C=O) groups is 2. The average Bonchev–Trinajstić information content (AvgIpc) is 3.27. The molecule has 1 saturated heterocycles. The van der Waals surface area contributed by atoms with E-state index in [-0.39, 0.29) is 18.5 Å². The van der Waals surface area contributed by atoms with Gasteiger partial charge >= 0.3 is 5.97 Å². The first-order valence-electron chi connectivity index (χ1n) is 9.97. The summed E-state index contributed by atoms with van der Waals surface area (Å²) in [4.78, 5) is 40.3. The number of carbonyl (C=O) groups excluding carboxylic acids is 2. The summed E-state index contributed by atoms with van der Waals surface area (Å²) in [6.45, 7) is 12.4. The molecule has 3 rings (SSSR count). The zero-order valence-corrected chi connectivity index (χ0v) is 18.8. The number of nitrogens with zero attached hydrogens (tertiary/aromatic N) is 5. The van der Waals surface area contributed by atoms with Crippen LogP contribution in [0, 0.1) is 19.4 Å². The van der Waals surface area contributed by atoms with Gasteiger partial charge < -0.3 is 19.1 Å². The van der Waals surface area contributed by atoms with Crippen molar-refractivity contribution in [1.29, 1.82) is 0 Å². The second kappa shape index (κ2) is 9.44. The van der Waals surface area contributed by atoms with Gasteiger partial charge in [-0.05, 0) is 32.4 Å². The standard InChI is InChI=1S/C20H23ClFN5O5/c1-6-30-18(29)20(8-23-5,12(4)28)31-7-13-10(2)14(22)17(32-13)27-9-24-15-11(3)25-19(21)26-16(15)27/h9-10,13-14,17H,6-8H2,1-4H3/t10-,13-,14+,17-,20?/m1/s1. The third kappa shape index (κ3) is 4.18. The quantitative estimate of drug-likeness (QED) is 0.252. The summed E-state index contributed by atoms with van der Waals surface area (Å²) in [6.07, 6.45) is -1.97. The Bertz CT molecular complexity index is 1070. The van der Waals surface area contributed by atoms with Crippen molar-refractivity contribution in [3.63, 3.8) is 0 Å². The van der Waals surface area contributed by atoms with Gasteiger partial charge in [-0.15, -0.1) is 0 Å². The molecule has 172 valence electrons. The fourth-order valence-corrected chi connectivity index (χ4v) is 3.78. The van der Waals surface area contributed by atoms with Crippen LogP contribution in [-0.4, -0.2) is 68.9 Å². The number of halogens is 2. The molecule has 12 heteroatoms. The number of Topliss-reactive ketones (excluding diaryl/α,β-unsaturated/α-hetero) is 1. The van der Waals surface area contributed by atoms with Crippen molar-refractivity contribution >= 4 is 34.5 Å². The highest BCUT2D eigenvalue weighted by Crippen LogP contribution is 2.38. The molecular weight excluding hydrogens is 445 g/mol. The van der Waals surface area contributed by atoms with Crippen LogP contribution in [0.15, 0.2) is 6.33 Å². The Morgan fingerprint density at radius 2 is 2.16 bits per heavy atom. The summed E-state index contributed by atoms with van der Waals surface area (Å²) < 4.78 is 33.1. The van der Waals surface area contributed by atoms with E-state index >= 15 is 4.39 Å². The number of alkyl halides is 1. The fraction of sp³-hybridized carbons (Fsp3) is 0.600. The highest BCUT2D eigenvalue weighted by Gasteiger charge is 2.52. The maximum absolute atomic E-state index is 15.2. The van der Waals surface area contributed by atoms with Crippen LogP contribution < -0.4 is 0 Å². The molecule has 0 N–H and O–H groups in total. The van der Waals surface area contributed by atoms with Crippen molar-refractivity contribution < 1.29 is 28.2 Å². The molecule has 0 amide bonds. The molecule has 1 unspecified atom stereocenters. The lowest BCUT2D eigenvalue weighted by atomic mass is 9.98. The first-order chi connectivity index (χ1) is 15.2. The topological polar surface area (TPSA) is 110 Å². The number of ether oxygens (including phenoxy) is 3. The molecule has 1 aliphatic rings. The number of aryl methyl sites for hydroxylation is 1. The molecule has 5 atom stereocenters. The van der Waals surface area contributed by atoms with Gasteiger partial charge in [0.2, 0.25) is 5.28 Å². The van der Waals surface area contributed by atoms with Gasteiger partial charge in [-0.2, -0.15) is 4.98 Å². The predicted molar refractivity (Wildman–Crippen MR) is 111 cm³/mol. The molecule has 1 fully saturated rings. The van der Waals surface area contributed by atoms with Crippen molar-refractivity contribution in [3.8, 4) is 0 Å². The highest BCUT2D eigenvalue weighted by molar-refractivity contribution is 6.28. The van der Waals surface area contributed by atoms with Crippen LogP contribution >= 0.6 is 11.6 Å². The predicted octanol–water partition coefficient (Wildman–Crippen LogP) is 2.49. The zero-order valence-electron chi connectivity index (χ0n) is 18.0. The molecular formula is C20H23ClFN5O5. The highest BCUT2D eigenvalue weighted by atomic mass is 35.5. The first-order valence-corrected chi connectivity index (χ1v) is 10.4. The van der Waals surface area contributed by atoms with Gasteiger partial charge in [0.05, 0.1) is 31.3 Å². The van der Waals surface area contributed by atoms with Crippen molar-refractivity contribution in [2.45, 2.75) is 51.8 Å². The molecule has 0 spiro atoms. The van der Waals surface area contributed by atoms with E-state index in [2.05, 4.69) is 19.8 Å². The summed E-state index contributed by atoms with van der Waals surface area (Å²) in [5, 5.41) is -0.00194. The maximum Gasteiger partial charge on any atom is 0.354 e. The van der Waals surface area contributed by atoms with E-state index in [0.29, 0.717) is 16.9 Å². The van der Waals surface area contributed by atoms with Gasteiger partial charge in [0.25, 0.3) is 12.1 Å². The maximum atomic E-state index is 15.2.